The third-order valence-corrected chi connectivity index (χ3v) is 5.35. The molecule has 2 aromatic rings. The molecule has 0 N–H and O–H groups in total. The molecular formula is C22H26ClF2N3O2. The predicted molar refractivity (Wildman–Crippen MR) is 113 cm³/mol. The number of halogens is 3. The zero-order chi connectivity index (χ0) is 21.5. The highest BCUT2D eigenvalue weighted by molar-refractivity contribution is 6.30. The van der Waals surface area contributed by atoms with Crippen molar-refractivity contribution >= 4 is 17.5 Å². The van der Waals surface area contributed by atoms with Gasteiger partial charge in [0.05, 0.1) is 6.54 Å². The molecule has 1 saturated heterocycles. The number of hydrogen-bond acceptors (Lipinski definition) is 4. The number of carbonyl (C=O) groups is 1. The van der Waals surface area contributed by atoms with E-state index in [9.17, 15) is 13.6 Å². The standard InChI is InChI=1S/C22H26ClF2N3O2/c1-26(14-17-5-7-20(8-6-17)30-22(24)25)21(29)16-28-11-9-27(10-12-28)15-18-3-2-4-19(23)13-18/h2-8,13,22H,9-12,14-16H2,1H3. The van der Waals surface area contributed by atoms with Crippen molar-refractivity contribution < 1.29 is 18.3 Å². The van der Waals surface area contributed by atoms with Gasteiger partial charge in [-0.1, -0.05) is 35.9 Å². The lowest BCUT2D eigenvalue weighted by atomic mass is 10.2. The van der Waals surface area contributed by atoms with E-state index in [4.69, 9.17) is 11.6 Å². The average Bonchev–Trinajstić information content (AvgIpc) is 2.70. The third-order valence-electron chi connectivity index (χ3n) is 5.11. The fourth-order valence-electron chi connectivity index (χ4n) is 3.45. The Bertz CT molecular complexity index is 827. The first-order valence-corrected chi connectivity index (χ1v) is 10.2. The molecule has 30 heavy (non-hydrogen) atoms. The molecule has 0 aliphatic carbocycles. The first-order valence-electron chi connectivity index (χ1n) is 9.86. The molecule has 162 valence electrons. The van der Waals surface area contributed by atoms with Gasteiger partial charge in [-0.25, -0.2) is 0 Å². The van der Waals surface area contributed by atoms with Crippen molar-refractivity contribution in [1.29, 1.82) is 0 Å². The van der Waals surface area contributed by atoms with Gasteiger partial charge in [-0.3, -0.25) is 14.6 Å². The molecule has 5 nitrogen and oxygen atoms in total. The molecule has 0 aromatic heterocycles. The Balaban J connectivity index is 1.41. The summed E-state index contributed by atoms with van der Waals surface area (Å²) in [6, 6.07) is 14.2. The number of nitrogens with zero attached hydrogens (tertiary/aromatic N) is 3. The number of hydrogen-bond donors (Lipinski definition) is 0. The number of amides is 1. The van der Waals surface area contributed by atoms with Crippen LogP contribution in [0.3, 0.4) is 0 Å². The Morgan fingerprint density at radius 2 is 1.73 bits per heavy atom. The van der Waals surface area contributed by atoms with Gasteiger partial charge < -0.3 is 9.64 Å². The Labute approximate surface area is 180 Å². The number of rotatable bonds is 8. The molecular weight excluding hydrogens is 412 g/mol. The highest BCUT2D eigenvalue weighted by Crippen LogP contribution is 2.16. The van der Waals surface area contributed by atoms with Crippen LogP contribution in [0.25, 0.3) is 0 Å². The minimum atomic E-state index is -2.84. The van der Waals surface area contributed by atoms with Crippen LogP contribution < -0.4 is 4.74 Å². The third kappa shape index (κ3) is 6.93. The first kappa shape index (κ1) is 22.5. The van der Waals surface area contributed by atoms with E-state index in [2.05, 4.69) is 20.6 Å². The molecule has 0 spiro atoms. The van der Waals surface area contributed by atoms with Gasteiger partial charge in [-0.2, -0.15) is 8.78 Å². The number of carbonyl (C=O) groups excluding carboxylic acids is 1. The van der Waals surface area contributed by atoms with Gasteiger partial charge in [0.25, 0.3) is 0 Å². The lowest BCUT2D eigenvalue weighted by Crippen LogP contribution is -2.49. The second kappa shape index (κ2) is 10.7. The minimum absolute atomic E-state index is 0.0335. The normalized spacial score (nSPS) is 15.4. The van der Waals surface area contributed by atoms with Crippen LogP contribution in [0.4, 0.5) is 8.78 Å². The van der Waals surface area contributed by atoms with Crippen LogP contribution >= 0.6 is 11.6 Å². The van der Waals surface area contributed by atoms with Crippen LogP contribution in [0, 0.1) is 0 Å². The number of ether oxygens (including phenoxy) is 1. The summed E-state index contributed by atoms with van der Waals surface area (Å²) in [5.41, 5.74) is 2.05. The number of piperazine rings is 1. The molecule has 0 radical (unpaired) electrons. The van der Waals surface area contributed by atoms with Crippen LogP contribution in [0.5, 0.6) is 5.75 Å². The lowest BCUT2D eigenvalue weighted by Gasteiger charge is -2.35. The van der Waals surface area contributed by atoms with Crippen molar-refractivity contribution in [2.45, 2.75) is 19.7 Å². The molecule has 1 amide bonds. The predicted octanol–water partition coefficient (Wildman–Crippen LogP) is 3.72. The van der Waals surface area contributed by atoms with Crippen LogP contribution in [0.1, 0.15) is 11.1 Å². The fraction of sp³-hybridized carbons (Fsp3) is 0.409. The topological polar surface area (TPSA) is 36.0 Å². The summed E-state index contributed by atoms with van der Waals surface area (Å²) in [6.07, 6.45) is 0. The summed E-state index contributed by atoms with van der Waals surface area (Å²) in [5, 5.41) is 0.746. The second-order valence-electron chi connectivity index (χ2n) is 7.45. The molecule has 8 heteroatoms. The van der Waals surface area contributed by atoms with E-state index in [0.717, 1.165) is 43.3 Å². The van der Waals surface area contributed by atoms with Gasteiger partial charge in [0, 0.05) is 51.3 Å². The number of alkyl halides is 2. The molecule has 0 saturated carbocycles. The van der Waals surface area contributed by atoms with E-state index < -0.39 is 6.61 Å². The lowest BCUT2D eigenvalue weighted by molar-refractivity contribution is -0.132. The van der Waals surface area contributed by atoms with E-state index in [1.807, 2.05) is 18.2 Å². The quantitative estimate of drug-likeness (QED) is 0.630. The molecule has 2 aromatic carbocycles. The Hall–Kier alpha value is -2.22. The van der Waals surface area contributed by atoms with Crippen molar-refractivity contribution in [3.05, 3.63) is 64.7 Å². The summed E-state index contributed by atoms with van der Waals surface area (Å²) >= 11 is 6.05. The summed E-state index contributed by atoms with van der Waals surface area (Å²) < 4.78 is 28.8. The molecule has 3 rings (SSSR count). The van der Waals surface area contributed by atoms with Gasteiger partial charge in [0.2, 0.25) is 5.91 Å². The zero-order valence-corrected chi connectivity index (χ0v) is 17.7. The van der Waals surface area contributed by atoms with Crippen molar-refractivity contribution in [1.82, 2.24) is 14.7 Å². The molecule has 0 bridgehead atoms. The molecule has 1 aliphatic rings. The van der Waals surface area contributed by atoms with Gasteiger partial charge >= 0.3 is 6.61 Å². The van der Waals surface area contributed by atoms with Crippen molar-refractivity contribution in [2.75, 3.05) is 39.8 Å². The summed E-state index contributed by atoms with van der Waals surface area (Å²) in [7, 11) is 1.75. The van der Waals surface area contributed by atoms with Crippen molar-refractivity contribution in [3.63, 3.8) is 0 Å². The molecule has 1 heterocycles. The monoisotopic (exact) mass is 437 g/mol. The summed E-state index contributed by atoms with van der Waals surface area (Å²) in [5.74, 6) is 0.143. The molecule has 0 unspecified atom stereocenters. The summed E-state index contributed by atoms with van der Waals surface area (Å²) in [4.78, 5) is 18.7. The van der Waals surface area contributed by atoms with E-state index in [1.54, 1.807) is 24.1 Å². The Morgan fingerprint density at radius 1 is 1.07 bits per heavy atom. The smallest absolute Gasteiger partial charge is 0.387 e. The van der Waals surface area contributed by atoms with Gasteiger partial charge in [-0.05, 0) is 35.4 Å². The number of benzene rings is 2. The minimum Gasteiger partial charge on any atom is -0.435 e. The molecule has 1 fully saturated rings. The van der Waals surface area contributed by atoms with Gasteiger partial charge in [0.1, 0.15) is 5.75 Å². The Morgan fingerprint density at radius 3 is 2.37 bits per heavy atom. The maximum absolute atomic E-state index is 12.6. The maximum Gasteiger partial charge on any atom is 0.387 e. The fourth-order valence-corrected chi connectivity index (χ4v) is 3.66. The number of likely N-dealkylation sites (N-methyl/N-ethyl adjacent to an activating group) is 1. The highest BCUT2D eigenvalue weighted by atomic mass is 35.5. The SMILES string of the molecule is CN(Cc1ccc(OC(F)F)cc1)C(=O)CN1CCN(Cc2cccc(Cl)c2)CC1. The van der Waals surface area contributed by atoms with E-state index in [-0.39, 0.29) is 11.7 Å². The van der Waals surface area contributed by atoms with Crippen LogP contribution in [-0.2, 0) is 17.9 Å². The maximum atomic E-state index is 12.6. The molecule has 1 aliphatic heterocycles. The van der Waals surface area contributed by atoms with Crippen molar-refractivity contribution in [3.8, 4) is 5.75 Å². The average molecular weight is 438 g/mol. The second-order valence-corrected chi connectivity index (χ2v) is 7.89. The van der Waals surface area contributed by atoms with Gasteiger partial charge in [0.15, 0.2) is 0 Å². The zero-order valence-electron chi connectivity index (χ0n) is 16.9. The van der Waals surface area contributed by atoms with Gasteiger partial charge in [-0.15, -0.1) is 0 Å². The van der Waals surface area contributed by atoms with Crippen LogP contribution in [0.15, 0.2) is 48.5 Å². The van der Waals surface area contributed by atoms with Crippen molar-refractivity contribution in [2.24, 2.45) is 0 Å². The highest BCUT2D eigenvalue weighted by Gasteiger charge is 2.20. The first-order chi connectivity index (χ1) is 14.4. The van der Waals surface area contributed by atoms with E-state index >= 15 is 0 Å². The van der Waals surface area contributed by atoms with Crippen LogP contribution in [0.2, 0.25) is 5.02 Å². The van der Waals surface area contributed by atoms with E-state index in [0.29, 0.717) is 13.1 Å². The summed E-state index contributed by atoms with van der Waals surface area (Å²) in [6.45, 7) is 2.26. The largest absolute Gasteiger partial charge is 0.435 e. The molecule has 0 atom stereocenters. The Kier molecular flexibility index (Phi) is 8.01. The van der Waals surface area contributed by atoms with Crippen LogP contribution in [-0.4, -0.2) is 67.0 Å². The van der Waals surface area contributed by atoms with E-state index in [1.165, 1.54) is 17.7 Å².